The third-order valence-corrected chi connectivity index (χ3v) is 7.08. The van der Waals surface area contributed by atoms with Gasteiger partial charge in [-0.2, -0.15) is 5.10 Å². The fraction of sp³-hybridized carbons (Fsp3) is 0.280. The second kappa shape index (κ2) is 9.46. The summed E-state index contributed by atoms with van der Waals surface area (Å²) in [5, 5.41) is 8.15. The molecule has 3 heterocycles. The molecule has 10 heteroatoms. The lowest BCUT2D eigenvalue weighted by Gasteiger charge is -2.23. The number of fused-ring (bicyclic) bond motifs is 1. The normalized spacial score (nSPS) is 15.5. The number of rotatable bonds is 6. The second-order valence-electron chi connectivity index (χ2n) is 8.27. The van der Waals surface area contributed by atoms with Crippen molar-refractivity contribution in [1.82, 2.24) is 25.0 Å². The molecule has 0 saturated carbocycles. The number of ether oxygens (including phenoxy) is 1. The third kappa shape index (κ3) is 4.37. The average Bonchev–Trinajstić information content (AvgIpc) is 3.59. The molecule has 1 atom stereocenters. The molecule has 2 aromatic heterocycles. The number of amides is 2. The second-order valence-corrected chi connectivity index (χ2v) is 9.27. The number of nitrogens with one attached hydrogen (secondary N) is 1. The van der Waals surface area contributed by atoms with Gasteiger partial charge in [0.15, 0.2) is 23.0 Å². The first-order valence-corrected chi connectivity index (χ1v) is 12.3. The summed E-state index contributed by atoms with van der Waals surface area (Å²) in [4.78, 5) is 32.6. The summed E-state index contributed by atoms with van der Waals surface area (Å²) in [6.07, 6.45) is 0. The van der Waals surface area contributed by atoms with E-state index in [1.54, 1.807) is 35.4 Å². The van der Waals surface area contributed by atoms with Crippen molar-refractivity contribution in [3.05, 3.63) is 65.8 Å². The van der Waals surface area contributed by atoms with E-state index < -0.39 is 0 Å². The Morgan fingerprint density at radius 3 is 2.71 bits per heavy atom. The number of aryl methyl sites for hydroxylation is 2. The molecule has 9 nitrogen and oxygen atoms in total. The maximum Gasteiger partial charge on any atom is 0.277 e. The highest BCUT2D eigenvalue weighted by Gasteiger charge is 2.34. The van der Waals surface area contributed by atoms with Gasteiger partial charge in [-0.1, -0.05) is 18.2 Å². The van der Waals surface area contributed by atoms with Crippen molar-refractivity contribution in [2.45, 2.75) is 13.0 Å². The summed E-state index contributed by atoms with van der Waals surface area (Å²) in [6, 6.07) is 14.7. The number of hydrogen-bond donors (Lipinski definition) is 1. The summed E-state index contributed by atoms with van der Waals surface area (Å²) in [6.45, 7) is 2.04. The van der Waals surface area contributed by atoms with Crippen LogP contribution in [0.2, 0.25) is 0 Å². The predicted molar refractivity (Wildman–Crippen MR) is 134 cm³/mol. The first kappa shape index (κ1) is 23.0. The topological polar surface area (TPSA) is 102 Å². The molecule has 2 amide bonds. The van der Waals surface area contributed by atoms with E-state index in [9.17, 15) is 9.59 Å². The summed E-state index contributed by atoms with van der Waals surface area (Å²) in [7, 11) is 3.41. The molecule has 1 N–H and O–H groups in total. The minimum absolute atomic E-state index is 0.174. The van der Waals surface area contributed by atoms with Gasteiger partial charge in [0.25, 0.3) is 11.8 Å². The Balaban J connectivity index is 1.33. The Labute approximate surface area is 206 Å². The van der Waals surface area contributed by atoms with Crippen LogP contribution in [-0.4, -0.2) is 62.8 Å². The van der Waals surface area contributed by atoms with E-state index in [4.69, 9.17) is 9.15 Å². The molecule has 1 aliphatic heterocycles. The van der Waals surface area contributed by atoms with Crippen molar-refractivity contribution in [2.24, 2.45) is 7.05 Å². The van der Waals surface area contributed by atoms with Crippen molar-refractivity contribution in [1.29, 1.82) is 0 Å². The molecule has 0 unspecified atom stereocenters. The lowest BCUT2D eigenvalue weighted by atomic mass is 10.1. The molecule has 1 saturated heterocycles. The molecule has 5 rings (SSSR count). The van der Waals surface area contributed by atoms with Crippen LogP contribution in [0, 0.1) is 6.92 Å². The van der Waals surface area contributed by atoms with Crippen LogP contribution in [0.3, 0.4) is 0 Å². The summed E-state index contributed by atoms with van der Waals surface area (Å²) >= 11 is 1.64. The quantitative estimate of drug-likeness (QED) is 0.440. The fourth-order valence-electron chi connectivity index (χ4n) is 4.20. The van der Waals surface area contributed by atoms with Crippen LogP contribution >= 0.6 is 11.8 Å². The molecule has 1 aliphatic rings. The zero-order chi connectivity index (χ0) is 24.5. The van der Waals surface area contributed by atoms with E-state index in [0.717, 1.165) is 16.5 Å². The Bertz CT molecular complexity index is 1390. The van der Waals surface area contributed by atoms with E-state index in [2.05, 4.69) is 15.4 Å². The largest absolute Gasteiger partial charge is 0.497 e. The Morgan fingerprint density at radius 1 is 1.17 bits per heavy atom. The molecule has 0 aliphatic carbocycles. The molecule has 0 radical (unpaired) electrons. The van der Waals surface area contributed by atoms with Crippen LogP contribution in [0.5, 0.6) is 5.75 Å². The number of thioether (sulfide) groups is 1. The molecular weight excluding hydrogens is 466 g/mol. The first-order valence-electron chi connectivity index (χ1n) is 11.2. The number of aromatic nitrogens is 3. The Hall–Kier alpha value is -3.79. The lowest BCUT2D eigenvalue weighted by molar-refractivity contribution is 0.0731. The number of carbonyl (C=O) groups excluding carboxylic acids is 2. The average molecular weight is 492 g/mol. The van der Waals surface area contributed by atoms with Crippen molar-refractivity contribution in [2.75, 3.05) is 25.3 Å². The van der Waals surface area contributed by atoms with Crippen LogP contribution < -0.4 is 10.1 Å². The van der Waals surface area contributed by atoms with E-state index in [0.29, 0.717) is 41.3 Å². The molecule has 4 aromatic rings. The molecule has 2 aromatic carbocycles. The maximum atomic E-state index is 13.5. The van der Waals surface area contributed by atoms with Gasteiger partial charge in [-0.3, -0.25) is 14.3 Å². The third-order valence-electron chi connectivity index (χ3n) is 6.00. The highest BCUT2D eigenvalue weighted by Crippen LogP contribution is 2.30. The van der Waals surface area contributed by atoms with Crippen LogP contribution in [0.1, 0.15) is 26.9 Å². The number of hydrogen-bond acceptors (Lipinski definition) is 7. The summed E-state index contributed by atoms with van der Waals surface area (Å²) in [5.74, 6) is 2.30. The van der Waals surface area contributed by atoms with Crippen molar-refractivity contribution >= 4 is 34.5 Å². The number of nitrogens with zero attached hydrogens (tertiary/aromatic N) is 4. The zero-order valence-corrected chi connectivity index (χ0v) is 20.5. The van der Waals surface area contributed by atoms with Gasteiger partial charge in [-0.25, -0.2) is 4.98 Å². The first-order chi connectivity index (χ1) is 17.0. The minimum atomic E-state index is -0.262. The van der Waals surface area contributed by atoms with Gasteiger partial charge < -0.3 is 19.4 Å². The predicted octanol–water partition coefficient (Wildman–Crippen LogP) is 3.49. The fourth-order valence-corrected chi connectivity index (χ4v) is 5.40. The molecule has 180 valence electrons. The number of para-hydroxylation sites is 1. The Kier molecular flexibility index (Phi) is 6.21. The van der Waals surface area contributed by atoms with E-state index >= 15 is 0 Å². The van der Waals surface area contributed by atoms with Crippen LogP contribution in [0.4, 0.5) is 0 Å². The molecule has 1 fully saturated rings. The number of methoxy groups -OCH3 is 1. The Morgan fingerprint density at radius 2 is 1.94 bits per heavy atom. The highest BCUT2D eigenvalue weighted by atomic mass is 32.2. The highest BCUT2D eigenvalue weighted by molar-refractivity contribution is 7.99. The summed E-state index contributed by atoms with van der Waals surface area (Å²) < 4.78 is 12.7. The monoisotopic (exact) mass is 491 g/mol. The molecule has 0 spiro atoms. The number of carbonyl (C=O) groups is 2. The van der Waals surface area contributed by atoms with Gasteiger partial charge in [0.2, 0.25) is 0 Å². The standard InChI is InChI=1S/C25H25N5O4S/c1-15-27-22(23(34-15)16-8-10-18(33-3)11-9-16)25(32)30-14-35-13-17(30)12-26-24(31)21-19-6-4-5-7-20(19)29(2)28-21/h4-11,17H,12-14H2,1-3H3,(H,26,31)/t17-/m1/s1. The number of oxazole rings is 1. The lowest BCUT2D eigenvalue weighted by Crippen LogP contribution is -2.44. The molecule has 0 bridgehead atoms. The van der Waals surface area contributed by atoms with Crippen molar-refractivity contribution in [3.8, 4) is 17.1 Å². The van der Waals surface area contributed by atoms with Crippen LogP contribution in [0.15, 0.2) is 52.9 Å². The van der Waals surface area contributed by atoms with Gasteiger partial charge in [0.05, 0.1) is 24.5 Å². The minimum Gasteiger partial charge on any atom is -0.497 e. The molecular formula is C25H25N5O4S. The smallest absolute Gasteiger partial charge is 0.277 e. The van der Waals surface area contributed by atoms with Crippen LogP contribution in [0.25, 0.3) is 22.2 Å². The van der Waals surface area contributed by atoms with E-state index in [-0.39, 0.29) is 23.6 Å². The van der Waals surface area contributed by atoms with E-state index in [1.807, 2.05) is 55.6 Å². The maximum absolute atomic E-state index is 13.5. The van der Waals surface area contributed by atoms with E-state index in [1.165, 1.54) is 0 Å². The van der Waals surface area contributed by atoms with Crippen molar-refractivity contribution in [3.63, 3.8) is 0 Å². The van der Waals surface area contributed by atoms with Gasteiger partial charge in [0.1, 0.15) is 5.75 Å². The van der Waals surface area contributed by atoms with Gasteiger partial charge in [-0.15, -0.1) is 11.8 Å². The molecule has 35 heavy (non-hydrogen) atoms. The van der Waals surface area contributed by atoms with Gasteiger partial charge in [0, 0.05) is 37.2 Å². The number of benzene rings is 2. The zero-order valence-electron chi connectivity index (χ0n) is 19.6. The van der Waals surface area contributed by atoms with Gasteiger partial charge >= 0.3 is 0 Å². The van der Waals surface area contributed by atoms with Crippen molar-refractivity contribution < 1.29 is 18.7 Å². The summed E-state index contributed by atoms with van der Waals surface area (Å²) in [5.41, 5.74) is 2.27. The SMILES string of the molecule is COc1ccc(-c2oc(C)nc2C(=O)N2CSC[C@H]2CNC(=O)c2nn(C)c3ccccc23)cc1. The van der Waals surface area contributed by atoms with Crippen LogP contribution in [-0.2, 0) is 7.05 Å². The van der Waals surface area contributed by atoms with Gasteiger partial charge in [-0.05, 0) is 30.3 Å².